The molecule has 3 heteroatoms. The summed E-state index contributed by atoms with van der Waals surface area (Å²) in [5.41, 5.74) is 0.816. The minimum absolute atomic E-state index is 0.166. The van der Waals surface area contributed by atoms with E-state index >= 15 is 0 Å². The van der Waals surface area contributed by atoms with E-state index in [4.69, 9.17) is 16.3 Å². The molecule has 0 bridgehead atoms. The first-order chi connectivity index (χ1) is 6.63. The normalized spacial score (nSPS) is 12.9. The Morgan fingerprint density at radius 1 is 1.29 bits per heavy atom. The molecule has 1 atom stereocenters. The fourth-order valence-corrected chi connectivity index (χ4v) is 1.31. The first-order valence-electron chi connectivity index (χ1n) is 4.64. The molecule has 0 unspecified atom stereocenters. The van der Waals surface area contributed by atoms with Gasteiger partial charge in [-0.2, -0.15) is 0 Å². The van der Waals surface area contributed by atoms with Crippen LogP contribution >= 0.6 is 11.6 Å². The number of rotatable bonds is 4. The molecule has 1 aromatic rings. The van der Waals surface area contributed by atoms with E-state index in [1.807, 2.05) is 38.1 Å². The summed E-state index contributed by atoms with van der Waals surface area (Å²) in [6, 6.07) is 7.33. The summed E-state index contributed by atoms with van der Waals surface area (Å²) < 4.78 is 5.47. The second-order valence-electron chi connectivity index (χ2n) is 3.41. The Hall–Kier alpha value is -0.730. The summed E-state index contributed by atoms with van der Waals surface area (Å²) in [6.45, 7) is 3.95. The number of ether oxygens (including phenoxy) is 1. The van der Waals surface area contributed by atoms with Gasteiger partial charge >= 0.3 is 0 Å². The fraction of sp³-hybridized carbons (Fsp3) is 0.455. The minimum Gasteiger partial charge on any atom is -0.491 e. The maximum Gasteiger partial charge on any atom is 0.119 e. The van der Waals surface area contributed by atoms with Gasteiger partial charge in [-0.1, -0.05) is 12.1 Å². The lowest BCUT2D eigenvalue weighted by Gasteiger charge is -2.11. The van der Waals surface area contributed by atoms with Crippen molar-refractivity contribution < 1.29 is 9.84 Å². The molecule has 14 heavy (non-hydrogen) atoms. The van der Waals surface area contributed by atoms with E-state index in [1.165, 1.54) is 0 Å². The summed E-state index contributed by atoms with van der Waals surface area (Å²) in [7, 11) is 0. The predicted molar refractivity (Wildman–Crippen MR) is 57.9 cm³/mol. The van der Waals surface area contributed by atoms with Gasteiger partial charge in [0.05, 0.1) is 18.1 Å². The molecule has 0 fully saturated rings. The van der Waals surface area contributed by atoms with Gasteiger partial charge in [0.25, 0.3) is 0 Å². The minimum atomic E-state index is -0.593. The Bertz CT molecular complexity index is 269. The van der Waals surface area contributed by atoms with Crippen LogP contribution in [0, 0.1) is 0 Å². The fourth-order valence-electron chi connectivity index (χ4n) is 1.13. The Morgan fingerprint density at radius 3 is 2.29 bits per heavy atom. The zero-order valence-electron chi connectivity index (χ0n) is 8.40. The second-order valence-corrected chi connectivity index (χ2v) is 3.71. The molecule has 1 rings (SSSR count). The largest absolute Gasteiger partial charge is 0.491 e. The highest BCUT2D eigenvalue weighted by atomic mass is 35.5. The Morgan fingerprint density at radius 2 is 1.86 bits per heavy atom. The quantitative estimate of drug-likeness (QED) is 0.781. The summed E-state index contributed by atoms with van der Waals surface area (Å²) in [4.78, 5) is 0. The highest BCUT2D eigenvalue weighted by Crippen LogP contribution is 2.19. The van der Waals surface area contributed by atoms with Gasteiger partial charge in [0.15, 0.2) is 0 Å². The highest BCUT2D eigenvalue weighted by Gasteiger charge is 2.05. The van der Waals surface area contributed by atoms with Crippen LogP contribution in [0.2, 0.25) is 0 Å². The third-order valence-electron chi connectivity index (χ3n) is 1.78. The highest BCUT2D eigenvalue weighted by molar-refractivity contribution is 6.18. The molecular weight excluding hydrogens is 200 g/mol. The summed E-state index contributed by atoms with van der Waals surface area (Å²) in [5, 5.41) is 9.43. The summed E-state index contributed by atoms with van der Waals surface area (Å²) >= 11 is 5.53. The van der Waals surface area contributed by atoms with E-state index < -0.39 is 6.10 Å². The standard InChI is InChI=1S/C11H15ClO2/c1-8(2)14-10-5-3-9(4-6-10)11(13)7-12/h3-6,8,11,13H,7H2,1-2H3/t11-/m0/s1. The molecule has 78 valence electrons. The van der Waals surface area contributed by atoms with Crippen molar-refractivity contribution in [2.45, 2.75) is 26.1 Å². The van der Waals surface area contributed by atoms with Crippen molar-refractivity contribution in [3.05, 3.63) is 29.8 Å². The molecule has 0 saturated heterocycles. The van der Waals surface area contributed by atoms with Crippen molar-refractivity contribution in [3.63, 3.8) is 0 Å². The van der Waals surface area contributed by atoms with Gasteiger partial charge in [-0.25, -0.2) is 0 Å². The van der Waals surface area contributed by atoms with Crippen molar-refractivity contribution in [2.75, 3.05) is 5.88 Å². The number of alkyl halides is 1. The lowest BCUT2D eigenvalue weighted by Crippen LogP contribution is -2.05. The van der Waals surface area contributed by atoms with E-state index in [1.54, 1.807) is 0 Å². The lowest BCUT2D eigenvalue weighted by atomic mass is 10.1. The van der Waals surface area contributed by atoms with Crippen LogP contribution in [0.1, 0.15) is 25.5 Å². The number of aliphatic hydroxyl groups excluding tert-OH is 1. The van der Waals surface area contributed by atoms with Crippen LogP contribution in [-0.4, -0.2) is 17.1 Å². The molecule has 0 heterocycles. The van der Waals surface area contributed by atoms with Crippen LogP contribution < -0.4 is 4.74 Å². The van der Waals surface area contributed by atoms with Gasteiger partial charge in [0.2, 0.25) is 0 Å². The van der Waals surface area contributed by atoms with E-state index in [9.17, 15) is 5.11 Å². The second kappa shape index (κ2) is 5.23. The van der Waals surface area contributed by atoms with Gasteiger partial charge in [0, 0.05) is 0 Å². The third kappa shape index (κ3) is 3.20. The van der Waals surface area contributed by atoms with Crippen molar-refractivity contribution in [2.24, 2.45) is 0 Å². The lowest BCUT2D eigenvalue weighted by molar-refractivity contribution is 0.202. The van der Waals surface area contributed by atoms with Crippen LogP contribution in [-0.2, 0) is 0 Å². The zero-order valence-corrected chi connectivity index (χ0v) is 9.16. The zero-order chi connectivity index (χ0) is 10.6. The molecule has 0 radical (unpaired) electrons. The monoisotopic (exact) mass is 214 g/mol. The van der Waals surface area contributed by atoms with Crippen molar-refractivity contribution in [3.8, 4) is 5.75 Å². The molecule has 0 aliphatic rings. The van der Waals surface area contributed by atoms with Crippen LogP contribution in [0.15, 0.2) is 24.3 Å². The molecule has 0 aromatic heterocycles. The molecular formula is C11H15ClO2. The predicted octanol–water partition coefficient (Wildman–Crippen LogP) is 2.75. The van der Waals surface area contributed by atoms with Gasteiger partial charge in [0.1, 0.15) is 5.75 Å². The molecule has 0 saturated carbocycles. The van der Waals surface area contributed by atoms with Gasteiger partial charge in [-0.3, -0.25) is 0 Å². The van der Waals surface area contributed by atoms with Crippen molar-refractivity contribution in [1.29, 1.82) is 0 Å². The maximum absolute atomic E-state index is 9.43. The van der Waals surface area contributed by atoms with Crippen LogP contribution in [0.25, 0.3) is 0 Å². The van der Waals surface area contributed by atoms with Crippen molar-refractivity contribution in [1.82, 2.24) is 0 Å². The SMILES string of the molecule is CC(C)Oc1ccc([C@@H](O)CCl)cc1. The first-order valence-corrected chi connectivity index (χ1v) is 5.17. The smallest absolute Gasteiger partial charge is 0.119 e. The van der Waals surface area contributed by atoms with Crippen LogP contribution in [0.4, 0.5) is 0 Å². The Labute approximate surface area is 89.5 Å². The molecule has 0 amide bonds. The maximum atomic E-state index is 9.43. The Kier molecular flexibility index (Phi) is 4.23. The van der Waals surface area contributed by atoms with Gasteiger partial charge in [-0.15, -0.1) is 11.6 Å². The summed E-state index contributed by atoms with van der Waals surface area (Å²) in [6.07, 6.45) is -0.427. The average Bonchev–Trinajstić information content (AvgIpc) is 2.17. The number of hydrogen-bond acceptors (Lipinski definition) is 2. The number of halogens is 1. The first kappa shape index (κ1) is 11.3. The molecule has 0 spiro atoms. The van der Waals surface area contributed by atoms with Gasteiger partial charge in [-0.05, 0) is 31.5 Å². The van der Waals surface area contributed by atoms with Gasteiger partial charge < -0.3 is 9.84 Å². The molecule has 0 aliphatic carbocycles. The van der Waals surface area contributed by atoms with Crippen molar-refractivity contribution >= 4 is 11.6 Å². The summed E-state index contributed by atoms with van der Waals surface area (Å²) in [5.74, 6) is 1.02. The van der Waals surface area contributed by atoms with E-state index in [0.29, 0.717) is 0 Å². The van der Waals surface area contributed by atoms with E-state index in [0.717, 1.165) is 11.3 Å². The molecule has 0 aliphatic heterocycles. The number of benzene rings is 1. The van der Waals surface area contributed by atoms with E-state index in [2.05, 4.69) is 0 Å². The number of hydrogen-bond donors (Lipinski definition) is 1. The molecule has 1 aromatic carbocycles. The Balaban J connectivity index is 2.68. The third-order valence-corrected chi connectivity index (χ3v) is 2.08. The topological polar surface area (TPSA) is 29.5 Å². The van der Waals surface area contributed by atoms with E-state index in [-0.39, 0.29) is 12.0 Å². The van der Waals surface area contributed by atoms with Crippen LogP contribution in [0.5, 0.6) is 5.75 Å². The average molecular weight is 215 g/mol. The van der Waals surface area contributed by atoms with Crippen LogP contribution in [0.3, 0.4) is 0 Å². The molecule has 1 N–H and O–H groups in total. The molecule has 2 nitrogen and oxygen atoms in total. The number of aliphatic hydroxyl groups is 1.